The molecule has 0 fully saturated rings. The second-order valence-corrected chi connectivity index (χ2v) is 5.56. The molecule has 0 bridgehead atoms. The van der Waals surface area contributed by atoms with Gasteiger partial charge >= 0.3 is 0 Å². The topological polar surface area (TPSA) is 12.9 Å². The zero-order chi connectivity index (χ0) is 12.8. The summed E-state index contributed by atoms with van der Waals surface area (Å²) in [6.45, 7) is 2.22. The number of hydrogen-bond acceptors (Lipinski definition) is 1. The van der Waals surface area contributed by atoms with Gasteiger partial charge < -0.3 is 0 Å². The Labute approximate surface area is 113 Å². The predicted octanol–water partition coefficient (Wildman–Crippen LogP) is 4.58. The first kappa shape index (κ1) is 11.0. The molecule has 3 aromatic rings. The summed E-state index contributed by atoms with van der Waals surface area (Å²) in [6, 6.07) is 13.1. The van der Waals surface area contributed by atoms with Crippen LogP contribution in [0.1, 0.15) is 29.5 Å². The van der Waals surface area contributed by atoms with Gasteiger partial charge in [0.15, 0.2) is 0 Å². The first-order valence-corrected chi connectivity index (χ1v) is 7.14. The SMILES string of the molecule is Cc1c2ccccc2nc2c3c(ccc12)CCCC3. The van der Waals surface area contributed by atoms with Gasteiger partial charge in [-0.25, -0.2) is 4.98 Å². The molecule has 0 amide bonds. The standard InChI is InChI=1S/C18H17N/c1-12-14-7-4-5-9-17(14)19-18-15(12)11-10-13-6-2-3-8-16(13)18/h4-5,7,9-11H,2-3,6,8H2,1H3. The van der Waals surface area contributed by atoms with Crippen molar-refractivity contribution in [3.8, 4) is 0 Å². The minimum Gasteiger partial charge on any atom is -0.247 e. The molecule has 4 rings (SSSR count). The Kier molecular flexibility index (Phi) is 2.34. The van der Waals surface area contributed by atoms with Crippen LogP contribution >= 0.6 is 0 Å². The lowest BCUT2D eigenvalue weighted by molar-refractivity contribution is 0.689. The number of nitrogens with zero attached hydrogens (tertiary/aromatic N) is 1. The van der Waals surface area contributed by atoms with Gasteiger partial charge in [0.1, 0.15) is 0 Å². The average Bonchev–Trinajstić information content (AvgIpc) is 2.47. The van der Waals surface area contributed by atoms with E-state index in [9.17, 15) is 0 Å². The molecule has 1 aliphatic carbocycles. The molecule has 0 N–H and O–H groups in total. The van der Waals surface area contributed by atoms with Crippen LogP contribution in [0.3, 0.4) is 0 Å². The Morgan fingerprint density at radius 1 is 0.895 bits per heavy atom. The lowest BCUT2D eigenvalue weighted by Gasteiger charge is -2.18. The normalized spacial score (nSPS) is 14.8. The highest BCUT2D eigenvalue weighted by Gasteiger charge is 2.15. The Balaban J connectivity index is 2.17. The monoisotopic (exact) mass is 247 g/mol. The van der Waals surface area contributed by atoms with Crippen molar-refractivity contribution in [3.63, 3.8) is 0 Å². The Morgan fingerprint density at radius 3 is 2.68 bits per heavy atom. The molecule has 0 unspecified atom stereocenters. The summed E-state index contributed by atoms with van der Waals surface area (Å²) in [7, 11) is 0. The van der Waals surface area contributed by atoms with Crippen LogP contribution in [-0.4, -0.2) is 4.98 Å². The van der Waals surface area contributed by atoms with E-state index >= 15 is 0 Å². The fourth-order valence-corrected chi connectivity index (χ4v) is 3.39. The molecule has 1 heteroatoms. The molecule has 0 spiro atoms. The number of fused-ring (bicyclic) bond motifs is 4. The number of benzene rings is 2. The highest BCUT2D eigenvalue weighted by atomic mass is 14.7. The maximum absolute atomic E-state index is 4.95. The van der Waals surface area contributed by atoms with Crippen molar-refractivity contribution in [2.24, 2.45) is 0 Å². The molecule has 0 aliphatic heterocycles. The van der Waals surface area contributed by atoms with Gasteiger partial charge in [-0.05, 0) is 55.4 Å². The summed E-state index contributed by atoms with van der Waals surface area (Å²) in [5.74, 6) is 0. The molecule has 0 atom stereocenters. The molecule has 0 saturated heterocycles. The van der Waals surface area contributed by atoms with Gasteiger partial charge in [0.05, 0.1) is 11.0 Å². The third kappa shape index (κ3) is 1.58. The zero-order valence-corrected chi connectivity index (χ0v) is 11.2. The van der Waals surface area contributed by atoms with Crippen LogP contribution in [0.25, 0.3) is 21.8 Å². The molecule has 0 radical (unpaired) electrons. The Bertz CT molecular complexity index is 786. The van der Waals surface area contributed by atoms with Gasteiger partial charge in [-0.1, -0.05) is 30.3 Å². The summed E-state index contributed by atoms with van der Waals surface area (Å²) in [5.41, 5.74) is 6.76. The van der Waals surface area contributed by atoms with Crippen molar-refractivity contribution in [1.82, 2.24) is 4.98 Å². The molecular weight excluding hydrogens is 230 g/mol. The van der Waals surface area contributed by atoms with E-state index in [1.807, 2.05) is 0 Å². The number of rotatable bonds is 0. The highest BCUT2D eigenvalue weighted by molar-refractivity contribution is 5.98. The van der Waals surface area contributed by atoms with Gasteiger partial charge in [-0.3, -0.25) is 0 Å². The number of hydrogen-bond donors (Lipinski definition) is 0. The van der Waals surface area contributed by atoms with Crippen LogP contribution in [0.2, 0.25) is 0 Å². The van der Waals surface area contributed by atoms with Crippen molar-refractivity contribution in [2.75, 3.05) is 0 Å². The van der Waals surface area contributed by atoms with Gasteiger partial charge in [-0.2, -0.15) is 0 Å². The van der Waals surface area contributed by atoms with Crippen LogP contribution in [0.15, 0.2) is 36.4 Å². The minimum atomic E-state index is 1.13. The number of aryl methyl sites for hydroxylation is 3. The van der Waals surface area contributed by atoms with Crippen LogP contribution in [0.4, 0.5) is 0 Å². The number of aromatic nitrogens is 1. The van der Waals surface area contributed by atoms with Gasteiger partial charge in [0.2, 0.25) is 0 Å². The Morgan fingerprint density at radius 2 is 1.74 bits per heavy atom. The van der Waals surface area contributed by atoms with Gasteiger partial charge in [0, 0.05) is 10.8 Å². The van der Waals surface area contributed by atoms with E-state index in [-0.39, 0.29) is 0 Å². The second kappa shape index (κ2) is 4.06. The maximum Gasteiger partial charge on any atom is 0.0747 e. The first-order valence-electron chi connectivity index (χ1n) is 7.14. The van der Waals surface area contributed by atoms with Crippen LogP contribution in [-0.2, 0) is 12.8 Å². The van der Waals surface area contributed by atoms with Crippen molar-refractivity contribution >= 4 is 21.8 Å². The van der Waals surface area contributed by atoms with Gasteiger partial charge in [-0.15, -0.1) is 0 Å². The molecule has 2 aromatic carbocycles. The molecule has 1 heterocycles. The summed E-state index contributed by atoms with van der Waals surface area (Å²) >= 11 is 0. The van der Waals surface area contributed by atoms with E-state index in [0.29, 0.717) is 0 Å². The lowest BCUT2D eigenvalue weighted by atomic mass is 9.88. The van der Waals surface area contributed by atoms with Crippen molar-refractivity contribution in [2.45, 2.75) is 32.6 Å². The van der Waals surface area contributed by atoms with E-state index in [1.54, 1.807) is 0 Å². The molecule has 94 valence electrons. The third-order valence-electron chi connectivity index (χ3n) is 4.45. The second-order valence-electron chi connectivity index (χ2n) is 5.56. The Hall–Kier alpha value is -1.89. The largest absolute Gasteiger partial charge is 0.247 e. The summed E-state index contributed by atoms with van der Waals surface area (Å²) < 4.78 is 0. The maximum atomic E-state index is 4.95. The van der Waals surface area contributed by atoms with E-state index < -0.39 is 0 Å². The van der Waals surface area contributed by atoms with Gasteiger partial charge in [0.25, 0.3) is 0 Å². The summed E-state index contributed by atoms with van der Waals surface area (Å²) in [5, 5.41) is 2.62. The average molecular weight is 247 g/mol. The van der Waals surface area contributed by atoms with Crippen molar-refractivity contribution < 1.29 is 0 Å². The molecule has 0 saturated carbocycles. The molecular formula is C18H17N. The molecule has 19 heavy (non-hydrogen) atoms. The lowest BCUT2D eigenvalue weighted by Crippen LogP contribution is -2.04. The van der Waals surface area contributed by atoms with E-state index in [1.165, 1.54) is 58.7 Å². The number of para-hydroxylation sites is 1. The van der Waals surface area contributed by atoms with E-state index in [2.05, 4.69) is 43.3 Å². The zero-order valence-electron chi connectivity index (χ0n) is 11.2. The third-order valence-corrected chi connectivity index (χ3v) is 4.45. The number of pyridine rings is 1. The van der Waals surface area contributed by atoms with Crippen LogP contribution in [0.5, 0.6) is 0 Å². The predicted molar refractivity (Wildman–Crippen MR) is 80.6 cm³/mol. The van der Waals surface area contributed by atoms with Crippen molar-refractivity contribution in [1.29, 1.82) is 0 Å². The summed E-state index contributed by atoms with van der Waals surface area (Å²) in [4.78, 5) is 4.95. The smallest absolute Gasteiger partial charge is 0.0747 e. The van der Waals surface area contributed by atoms with Crippen LogP contribution < -0.4 is 0 Å². The van der Waals surface area contributed by atoms with Crippen molar-refractivity contribution in [3.05, 3.63) is 53.1 Å². The van der Waals surface area contributed by atoms with E-state index in [0.717, 1.165) is 5.52 Å². The molecule has 1 aliphatic rings. The summed E-state index contributed by atoms with van der Waals surface area (Å²) in [6.07, 6.45) is 5.04. The molecule has 1 aromatic heterocycles. The fourth-order valence-electron chi connectivity index (χ4n) is 3.39. The van der Waals surface area contributed by atoms with Crippen LogP contribution in [0, 0.1) is 6.92 Å². The van der Waals surface area contributed by atoms with E-state index in [4.69, 9.17) is 4.98 Å². The quantitative estimate of drug-likeness (QED) is 0.530. The highest BCUT2D eigenvalue weighted by Crippen LogP contribution is 2.32. The fraction of sp³-hybridized carbons (Fsp3) is 0.278. The minimum absolute atomic E-state index is 1.13. The molecule has 1 nitrogen and oxygen atoms in total. The first-order chi connectivity index (χ1) is 9.34.